The standard InChI is InChI=1S/C9H10ClN5O2.C7H14N2O2S/c10-8-2-1-7(5-12-8)6-14-4-3-11-9(14)13-15(16)17;1-7(2,12-4)5-9-11-6(10)8-3/h1-2,5H,3-4,6H2,(H,11,13);5H,1-4H3,(H,8,10)/b;9-5+. The third kappa shape index (κ3) is 9.94. The summed E-state index contributed by atoms with van der Waals surface area (Å²) in [5.41, 5.74) is 0.925. The second-order valence-corrected chi connectivity index (χ2v) is 8.02. The van der Waals surface area contributed by atoms with Crippen molar-refractivity contribution in [2.45, 2.75) is 25.1 Å². The summed E-state index contributed by atoms with van der Waals surface area (Å²) < 4.78 is -0.103. The van der Waals surface area contributed by atoms with Crippen molar-refractivity contribution in [3.8, 4) is 0 Å². The molecule has 11 nitrogen and oxygen atoms in total. The Bertz CT molecular complexity index is 743. The Morgan fingerprint density at radius 2 is 2.31 bits per heavy atom. The Kier molecular flexibility index (Phi) is 10.2. The summed E-state index contributed by atoms with van der Waals surface area (Å²) in [6, 6.07) is 3.52. The second kappa shape index (κ2) is 12.1. The molecule has 1 aromatic rings. The number of amides is 1. The molecule has 13 heteroatoms. The molecular weight excluding hydrogens is 422 g/mol. The number of guanidine groups is 1. The molecule has 0 unspecified atom stereocenters. The van der Waals surface area contributed by atoms with Crippen molar-refractivity contribution in [1.29, 1.82) is 0 Å². The van der Waals surface area contributed by atoms with Gasteiger partial charge in [0.1, 0.15) is 10.3 Å². The van der Waals surface area contributed by atoms with E-state index in [0.717, 1.165) is 5.56 Å². The maximum atomic E-state index is 10.5. The van der Waals surface area contributed by atoms with Crippen molar-refractivity contribution in [1.82, 2.24) is 20.5 Å². The van der Waals surface area contributed by atoms with E-state index in [-0.39, 0.29) is 10.7 Å². The fourth-order valence-electron chi connectivity index (χ4n) is 1.87. The molecule has 0 atom stereocenters. The molecule has 160 valence electrons. The van der Waals surface area contributed by atoms with Crippen molar-refractivity contribution in [2.24, 2.45) is 10.3 Å². The summed E-state index contributed by atoms with van der Waals surface area (Å²) in [6.45, 7) is 5.80. The zero-order chi connectivity index (χ0) is 21.9. The molecule has 0 bridgehead atoms. The van der Waals surface area contributed by atoms with Gasteiger partial charge < -0.3 is 15.5 Å². The van der Waals surface area contributed by atoms with E-state index in [1.165, 1.54) is 7.05 Å². The highest BCUT2D eigenvalue weighted by Crippen LogP contribution is 2.17. The number of hydrazone groups is 1. The number of carbonyl (C=O) groups is 1. The predicted octanol–water partition coefficient (Wildman–Crippen LogP) is 2.16. The van der Waals surface area contributed by atoms with E-state index in [1.54, 1.807) is 35.1 Å². The lowest BCUT2D eigenvalue weighted by Gasteiger charge is -2.14. The Balaban J connectivity index is 0.000000311. The number of hydrogen-bond donors (Lipinski definition) is 2. The van der Waals surface area contributed by atoms with E-state index in [4.69, 9.17) is 11.6 Å². The first-order chi connectivity index (χ1) is 13.7. The van der Waals surface area contributed by atoms with Gasteiger partial charge in [0, 0.05) is 37.6 Å². The van der Waals surface area contributed by atoms with Gasteiger partial charge in [-0.25, -0.2) is 19.9 Å². The lowest BCUT2D eigenvalue weighted by Crippen LogP contribution is -2.30. The van der Waals surface area contributed by atoms with Crippen LogP contribution in [0, 0.1) is 10.1 Å². The smallest absolute Gasteiger partial charge is 0.349 e. The third-order valence-electron chi connectivity index (χ3n) is 3.53. The normalized spacial score (nSPS) is 14.9. The number of thioether (sulfide) groups is 1. The molecule has 1 amide bonds. The van der Waals surface area contributed by atoms with E-state index >= 15 is 0 Å². The van der Waals surface area contributed by atoms with Crippen LogP contribution < -0.4 is 10.6 Å². The minimum atomic E-state index is -0.708. The summed E-state index contributed by atoms with van der Waals surface area (Å²) in [7, 11) is 1.48. The predicted molar refractivity (Wildman–Crippen MR) is 114 cm³/mol. The zero-order valence-corrected chi connectivity index (χ0v) is 18.2. The largest absolute Gasteiger partial charge is 0.433 e. The average molecular weight is 446 g/mol. The molecule has 1 fully saturated rings. The average Bonchev–Trinajstić information content (AvgIpc) is 3.09. The van der Waals surface area contributed by atoms with Crippen LogP contribution in [0.3, 0.4) is 0 Å². The topological polar surface area (TPSA) is 134 Å². The van der Waals surface area contributed by atoms with Gasteiger partial charge in [-0.05, 0) is 31.7 Å². The maximum Gasteiger partial charge on any atom is 0.433 e. The van der Waals surface area contributed by atoms with Crippen LogP contribution in [-0.2, 0) is 11.4 Å². The Labute approximate surface area is 178 Å². The van der Waals surface area contributed by atoms with Crippen LogP contribution in [0.5, 0.6) is 0 Å². The molecule has 1 saturated heterocycles. The molecule has 29 heavy (non-hydrogen) atoms. The third-order valence-corrected chi connectivity index (χ3v) is 4.91. The number of carbonyl (C=O) groups excluding carboxylic acids is 1. The Morgan fingerprint density at radius 3 is 2.86 bits per heavy atom. The molecule has 2 N–H and O–H groups in total. The van der Waals surface area contributed by atoms with E-state index in [2.05, 4.69) is 30.7 Å². The SMILES string of the molecule is CNC(=O)O/N=C/C(C)(C)SC.O=[N+]([O-])/N=C1\NCCN1Cc1ccc(Cl)nc1. The van der Waals surface area contributed by atoms with Gasteiger partial charge in [0.05, 0.1) is 6.21 Å². The highest BCUT2D eigenvalue weighted by atomic mass is 35.5. The highest BCUT2D eigenvalue weighted by Gasteiger charge is 2.21. The van der Waals surface area contributed by atoms with Crippen molar-refractivity contribution in [3.05, 3.63) is 39.2 Å². The van der Waals surface area contributed by atoms with Crippen molar-refractivity contribution < 1.29 is 14.7 Å². The Morgan fingerprint density at radius 1 is 1.59 bits per heavy atom. The van der Waals surface area contributed by atoms with Crippen LogP contribution in [0.15, 0.2) is 28.6 Å². The first kappa shape index (κ1) is 24.4. The number of pyridine rings is 1. The number of halogens is 1. The second-order valence-electron chi connectivity index (χ2n) is 6.17. The van der Waals surface area contributed by atoms with Gasteiger partial charge in [-0.15, -0.1) is 0 Å². The number of rotatable bonds is 6. The first-order valence-corrected chi connectivity index (χ1v) is 10.1. The van der Waals surface area contributed by atoms with E-state index < -0.39 is 11.1 Å². The molecule has 0 saturated carbocycles. The maximum absolute atomic E-state index is 10.5. The fourth-order valence-corrected chi connectivity index (χ4v) is 2.13. The molecule has 1 aliphatic heterocycles. The quantitative estimate of drug-likeness (QED) is 0.223. The van der Waals surface area contributed by atoms with Crippen LogP contribution in [0.2, 0.25) is 5.15 Å². The van der Waals surface area contributed by atoms with Crippen LogP contribution in [0.1, 0.15) is 19.4 Å². The molecule has 1 aliphatic rings. The van der Waals surface area contributed by atoms with Crippen LogP contribution >= 0.6 is 23.4 Å². The number of aromatic nitrogens is 1. The lowest BCUT2D eigenvalue weighted by atomic mass is 10.2. The number of hydrogen-bond acceptors (Lipinski definition) is 7. The molecular formula is C16H24ClN7O4S. The van der Waals surface area contributed by atoms with E-state index in [0.29, 0.717) is 24.8 Å². The van der Waals surface area contributed by atoms with Gasteiger partial charge in [0.2, 0.25) is 0 Å². The van der Waals surface area contributed by atoms with E-state index in [9.17, 15) is 14.9 Å². The van der Waals surface area contributed by atoms with Gasteiger partial charge >= 0.3 is 6.09 Å². The van der Waals surface area contributed by atoms with Crippen molar-refractivity contribution >= 4 is 41.6 Å². The van der Waals surface area contributed by atoms with Gasteiger partial charge in [-0.3, -0.25) is 4.84 Å². The fraction of sp³-hybridized carbons (Fsp3) is 0.500. The van der Waals surface area contributed by atoms with Crippen LogP contribution in [0.25, 0.3) is 0 Å². The summed E-state index contributed by atoms with van der Waals surface area (Å²) in [5.74, 6) is 0.282. The molecule has 1 aromatic heterocycles. The Hall–Kier alpha value is -2.60. The lowest BCUT2D eigenvalue weighted by molar-refractivity contribution is -0.485. The minimum Gasteiger partial charge on any atom is -0.349 e. The number of nitrogens with zero attached hydrogens (tertiary/aromatic N) is 5. The summed E-state index contributed by atoms with van der Waals surface area (Å²) >= 11 is 7.30. The summed E-state index contributed by atoms with van der Waals surface area (Å²) in [6.07, 6.45) is 4.65. The molecule has 0 aromatic carbocycles. The van der Waals surface area contributed by atoms with Crippen LogP contribution in [0.4, 0.5) is 4.79 Å². The van der Waals surface area contributed by atoms with Gasteiger partial charge in [0.25, 0.3) is 5.96 Å². The zero-order valence-electron chi connectivity index (χ0n) is 16.6. The van der Waals surface area contributed by atoms with Gasteiger partial charge in [-0.1, -0.05) is 22.8 Å². The number of nitrogens with one attached hydrogen (secondary N) is 2. The molecule has 0 aliphatic carbocycles. The molecule has 2 heterocycles. The van der Waals surface area contributed by atoms with Gasteiger partial charge in [0.15, 0.2) is 5.03 Å². The first-order valence-electron chi connectivity index (χ1n) is 8.47. The van der Waals surface area contributed by atoms with Gasteiger partial charge in [-0.2, -0.15) is 11.8 Å². The summed E-state index contributed by atoms with van der Waals surface area (Å²) in [4.78, 5) is 31.0. The monoisotopic (exact) mass is 445 g/mol. The van der Waals surface area contributed by atoms with Crippen molar-refractivity contribution in [2.75, 3.05) is 26.4 Å². The molecule has 0 spiro atoms. The highest BCUT2D eigenvalue weighted by molar-refractivity contribution is 8.00. The molecule has 2 rings (SSSR count). The number of nitro groups is 1. The van der Waals surface area contributed by atoms with Crippen molar-refractivity contribution in [3.63, 3.8) is 0 Å². The number of oxime groups is 1. The summed E-state index contributed by atoms with van der Waals surface area (Å²) in [5, 5.41) is 22.0. The molecule has 0 radical (unpaired) electrons. The van der Waals surface area contributed by atoms with E-state index in [1.807, 2.05) is 26.2 Å². The minimum absolute atomic E-state index is 0.103. The van der Waals surface area contributed by atoms with Crippen LogP contribution in [-0.4, -0.2) is 64.3 Å².